The number of hydrogen-bond acceptors (Lipinski definition) is 6. The molecule has 6 heteroatoms. The second kappa shape index (κ2) is 7.44. The molecule has 1 unspecified atom stereocenters. The molecule has 24 heavy (non-hydrogen) atoms. The normalized spacial score (nSPS) is 25.6. The summed E-state index contributed by atoms with van der Waals surface area (Å²) >= 11 is 0. The Balaban J connectivity index is 1.80. The van der Waals surface area contributed by atoms with Crippen molar-refractivity contribution in [3.05, 3.63) is 36.0 Å². The molecule has 0 saturated carbocycles. The molecule has 1 aliphatic rings. The highest BCUT2D eigenvalue weighted by molar-refractivity contribution is 5.83. The van der Waals surface area contributed by atoms with E-state index in [-0.39, 0.29) is 24.9 Å². The van der Waals surface area contributed by atoms with Gasteiger partial charge in [-0.05, 0) is 30.5 Å². The van der Waals surface area contributed by atoms with E-state index in [1.807, 2.05) is 24.3 Å². The number of nitrogens with two attached hydrogens (primary N) is 1. The highest BCUT2D eigenvalue weighted by Gasteiger charge is 2.30. The van der Waals surface area contributed by atoms with Crippen LogP contribution in [0.15, 0.2) is 30.5 Å². The fourth-order valence-corrected chi connectivity index (χ4v) is 3.26. The topological polar surface area (TPSA) is 97.8 Å². The largest absolute Gasteiger partial charge is 0.495 e. The molecule has 0 radical (unpaired) electrons. The van der Waals surface area contributed by atoms with E-state index in [1.54, 1.807) is 13.3 Å². The Morgan fingerprint density at radius 2 is 2.25 bits per heavy atom. The Morgan fingerprint density at radius 1 is 1.42 bits per heavy atom. The number of nitrogens with zero attached hydrogens (tertiary/aromatic N) is 1. The van der Waals surface area contributed by atoms with Gasteiger partial charge in [0.1, 0.15) is 5.75 Å². The second-order valence-corrected chi connectivity index (χ2v) is 6.26. The van der Waals surface area contributed by atoms with E-state index in [0.29, 0.717) is 12.2 Å². The summed E-state index contributed by atoms with van der Waals surface area (Å²) in [4.78, 5) is 4.36. The lowest BCUT2D eigenvalue weighted by atomic mass is 9.93. The van der Waals surface area contributed by atoms with Gasteiger partial charge in [0.05, 0.1) is 43.7 Å². The van der Waals surface area contributed by atoms with Crippen LogP contribution in [-0.4, -0.2) is 47.2 Å². The summed E-state index contributed by atoms with van der Waals surface area (Å²) in [5.74, 6) is 0.655. The second-order valence-electron chi connectivity index (χ2n) is 6.26. The Labute approximate surface area is 141 Å². The fraction of sp³-hybridized carbons (Fsp3) is 0.500. The molecule has 0 bridgehead atoms. The van der Waals surface area contributed by atoms with E-state index in [9.17, 15) is 10.2 Å². The van der Waals surface area contributed by atoms with Crippen LogP contribution >= 0.6 is 0 Å². The van der Waals surface area contributed by atoms with Crippen molar-refractivity contribution < 1.29 is 19.7 Å². The molecule has 1 fully saturated rings. The summed E-state index contributed by atoms with van der Waals surface area (Å²) in [6.07, 6.45) is 2.53. The van der Waals surface area contributed by atoms with E-state index in [4.69, 9.17) is 15.2 Å². The molecule has 1 aromatic carbocycles. The number of aliphatic hydroxyl groups is 2. The fourth-order valence-electron chi connectivity index (χ4n) is 3.26. The molecule has 130 valence electrons. The third kappa shape index (κ3) is 3.52. The molecule has 2 heterocycles. The van der Waals surface area contributed by atoms with Gasteiger partial charge in [0.15, 0.2) is 0 Å². The van der Waals surface area contributed by atoms with Crippen LogP contribution in [-0.2, 0) is 4.74 Å². The first-order chi connectivity index (χ1) is 11.6. The number of methoxy groups -OCH3 is 1. The van der Waals surface area contributed by atoms with Crippen LogP contribution in [0.3, 0.4) is 0 Å². The minimum atomic E-state index is -0.679. The van der Waals surface area contributed by atoms with Crippen LogP contribution in [0.1, 0.15) is 30.9 Å². The van der Waals surface area contributed by atoms with Gasteiger partial charge in [-0.3, -0.25) is 4.98 Å². The summed E-state index contributed by atoms with van der Waals surface area (Å²) in [6.45, 7) is -0.0941. The molecule has 6 nitrogen and oxygen atoms in total. The van der Waals surface area contributed by atoms with E-state index in [1.165, 1.54) is 0 Å². The number of fused-ring (bicyclic) bond motifs is 1. The zero-order valence-corrected chi connectivity index (χ0v) is 13.8. The van der Waals surface area contributed by atoms with Crippen LogP contribution in [0, 0.1) is 0 Å². The van der Waals surface area contributed by atoms with Crippen molar-refractivity contribution in [2.24, 2.45) is 5.73 Å². The molecular formula is C18H24N2O4. The van der Waals surface area contributed by atoms with Crippen molar-refractivity contribution in [2.45, 2.75) is 43.6 Å². The van der Waals surface area contributed by atoms with Crippen molar-refractivity contribution in [1.29, 1.82) is 0 Å². The predicted octanol–water partition coefficient (Wildman–Crippen LogP) is 1.53. The van der Waals surface area contributed by atoms with Gasteiger partial charge < -0.3 is 25.4 Å². The quantitative estimate of drug-likeness (QED) is 0.768. The van der Waals surface area contributed by atoms with Gasteiger partial charge in [0.2, 0.25) is 0 Å². The van der Waals surface area contributed by atoms with Gasteiger partial charge in [-0.15, -0.1) is 0 Å². The summed E-state index contributed by atoms with van der Waals surface area (Å²) in [5.41, 5.74) is 7.55. The molecular weight excluding hydrogens is 308 g/mol. The average molecular weight is 332 g/mol. The number of aromatic nitrogens is 1. The number of benzene rings is 1. The smallest absolute Gasteiger partial charge is 0.137 e. The molecule has 3 rings (SSSR count). The minimum Gasteiger partial charge on any atom is -0.495 e. The summed E-state index contributed by atoms with van der Waals surface area (Å²) in [5, 5.41) is 20.9. The summed E-state index contributed by atoms with van der Waals surface area (Å²) in [6, 6.07) is 7.42. The molecule has 0 amide bonds. The zero-order chi connectivity index (χ0) is 17.1. The number of pyridine rings is 1. The van der Waals surface area contributed by atoms with Gasteiger partial charge in [-0.25, -0.2) is 0 Å². The summed E-state index contributed by atoms with van der Waals surface area (Å²) in [7, 11) is 1.59. The molecule has 4 atom stereocenters. The number of aliphatic hydroxyl groups excluding tert-OH is 2. The standard InChI is InChI=1S/C18H24N2O4/c1-23-12-7-14-13(3-2-4-16(14)20-9-12)17(22)8-11-5-6-15(19)18(10-21)24-11/h2-4,7,9,11,15,17-18,21-22H,5-6,8,10,19H2,1H3/t11-,15+,17?,18+/m0/s1. The first kappa shape index (κ1) is 17.1. The Hall–Kier alpha value is -1.73. The van der Waals surface area contributed by atoms with Crippen LogP contribution < -0.4 is 10.5 Å². The van der Waals surface area contributed by atoms with Crippen LogP contribution in [0.4, 0.5) is 0 Å². The lowest BCUT2D eigenvalue weighted by molar-refractivity contribution is -0.0962. The SMILES string of the molecule is COc1cnc2cccc(C(O)C[C@@H]3CC[C@@H](N)[C@@H](CO)O3)c2c1. The van der Waals surface area contributed by atoms with Gasteiger partial charge >= 0.3 is 0 Å². The average Bonchev–Trinajstić information content (AvgIpc) is 2.62. The first-order valence-corrected chi connectivity index (χ1v) is 8.25. The predicted molar refractivity (Wildman–Crippen MR) is 90.8 cm³/mol. The molecule has 4 N–H and O–H groups in total. The van der Waals surface area contributed by atoms with E-state index < -0.39 is 6.10 Å². The Kier molecular flexibility index (Phi) is 5.30. The third-order valence-corrected chi connectivity index (χ3v) is 4.66. The van der Waals surface area contributed by atoms with Crippen LogP contribution in [0.25, 0.3) is 10.9 Å². The number of hydrogen-bond donors (Lipinski definition) is 3. The maximum Gasteiger partial charge on any atom is 0.137 e. The maximum absolute atomic E-state index is 10.7. The van der Waals surface area contributed by atoms with Crippen molar-refractivity contribution in [1.82, 2.24) is 4.98 Å². The highest BCUT2D eigenvalue weighted by Crippen LogP contribution is 2.31. The van der Waals surface area contributed by atoms with E-state index in [0.717, 1.165) is 29.3 Å². The molecule has 0 aliphatic carbocycles. The van der Waals surface area contributed by atoms with E-state index in [2.05, 4.69) is 4.98 Å². The lowest BCUT2D eigenvalue weighted by Crippen LogP contribution is -2.46. The van der Waals surface area contributed by atoms with Crippen molar-refractivity contribution in [3.8, 4) is 5.75 Å². The number of ether oxygens (including phenoxy) is 2. The molecule has 1 aromatic heterocycles. The van der Waals surface area contributed by atoms with Gasteiger partial charge in [-0.2, -0.15) is 0 Å². The van der Waals surface area contributed by atoms with Gasteiger partial charge in [0.25, 0.3) is 0 Å². The lowest BCUT2D eigenvalue weighted by Gasteiger charge is -2.34. The van der Waals surface area contributed by atoms with Crippen LogP contribution in [0.5, 0.6) is 5.75 Å². The monoisotopic (exact) mass is 332 g/mol. The highest BCUT2D eigenvalue weighted by atomic mass is 16.5. The van der Waals surface area contributed by atoms with Gasteiger partial charge in [-0.1, -0.05) is 12.1 Å². The van der Waals surface area contributed by atoms with Gasteiger partial charge in [0, 0.05) is 17.8 Å². The third-order valence-electron chi connectivity index (χ3n) is 4.66. The zero-order valence-electron chi connectivity index (χ0n) is 13.8. The van der Waals surface area contributed by atoms with Crippen molar-refractivity contribution in [2.75, 3.05) is 13.7 Å². The maximum atomic E-state index is 10.7. The molecule has 0 spiro atoms. The Bertz CT molecular complexity index is 694. The minimum absolute atomic E-state index is 0.0941. The van der Waals surface area contributed by atoms with Crippen molar-refractivity contribution in [3.63, 3.8) is 0 Å². The van der Waals surface area contributed by atoms with Crippen molar-refractivity contribution >= 4 is 10.9 Å². The molecule has 1 saturated heterocycles. The number of rotatable bonds is 5. The molecule has 1 aliphatic heterocycles. The van der Waals surface area contributed by atoms with E-state index >= 15 is 0 Å². The molecule has 2 aromatic rings. The van der Waals surface area contributed by atoms with Crippen LogP contribution in [0.2, 0.25) is 0 Å². The first-order valence-electron chi connectivity index (χ1n) is 8.25. The summed E-state index contributed by atoms with van der Waals surface area (Å²) < 4.78 is 11.1. The Morgan fingerprint density at radius 3 is 3.00 bits per heavy atom.